The second-order valence-electron chi connectivity index (χ2n) is 9.79. The molecule has 0 fully saturated rings. The van der Waals surface area contributed by atoms with Crippen molar-refractivity contribution in [2.75, 3.05) is 19.6 Å². The molecule has 0 aliphatic heterocycles. The average molecular weight is 656 g/mol. The monoisotopic (exact) mass is 655 g/mol. The molecule has 5 N–H and O–H groups in total. The van der Waals surface area contributed by atoms with Crippen molar-refractivity contribution in [3.63, 3.8) is 0 Å². The molecule has 0 spiro atoms. The van der Waals surface area contributed by atoms with E-state index in [1.807, 2.05) is 0 Å². The van der Waals surface area contributed by atoms with Gasteiger partial charge in [0.05, 0.1) is 15.4 Å². The number of nitrogens with one attached hydrogen (secondary N) is 3. The van der Waals surface area contributed by atoms with Gasteiger partial charge in [-0.3, -0.25) is 19.2 Å². The first kappa shape index (κ1) is 34.7. The molecule has 3 rings (SSSR count). The van der Waals surface area contributed by atoms with Crippen LogP contribution in [0.4, 0.5) is 0 Å². The Morgan fingerprint density at radius 1 is 0.711 bits per heavy atom. The number of carbonyl (C=O) groups excluding carboxylic acids is 3. The second-order valence-corrected chi connectivity index (χ2v) is 13.2. The molecule has 45 heavy (non-hydrogen) atoms. The number of terminal acetylenes is 1. The van der Waals surface area contributed by atoms with Crippen molar-refractivity contribution in [1.82, 2.24) is 19.9 Å². The zero-order valence-corrected chi connectivity index (χ0v) is 25.8. The fourth-order valence-corrected chi connectivity index (χ4v) is 5.85. The highest BCUT2D eigenvalue weighted by Gasteiger charge is 2.21. The minimum absolute atomic E-state index is 0.0543. The van der Waals surface area contributed by atoms with Crippen LogP contribution in [0.15, 0.2) is 81.4 Å². The first-order valence-corrected chi connectivity index (χ1v) is 16.8. The fraction of sp³-hybridized carbons (Fsp3) is 0.267. The van der Waals surface area contributed by atoms with Crippen LogP contribution in [0, 0.1) is 12.3 Å². The van der Waals surface area contributed by atoms with E-state index in [-0.39, 0.29) is 38.9 Å². The standard InChI is InChI=1S/C30H33N5O8S2/c1-2-3-5-17-33-29(38)23-9-8-10-26(20-23)45(42,43)35-21-24(13-16-27(35)36)30(39)34-19-7-4-6-18-32-28(37)22-11-14-25(15-12-22)44(31,40)41/h1,8-16,20-21H,3-7,17-19H2,(H,32,37)(H,33,38)(H,34,39)(H2,31,40,41). The molecule has 0 aliphatic rings. The minimum atomic E-state index is -4.43. The number of pyridine rings is 1. The van der Waals surface area contributed by atoms with Gasteiger partial charge in [0.1, 0.15) is 0 Å². The van der Waals surface area contributed by atoms with E-state index in [1.165, 1.54) is 48.5 Å². The summed E-state index contributed by atoms with van der Waals surface area (Å²) in [6, 6.07) is 12.6. The zero-order chi connectivity index (χ0) is 33.0. The number of carbonyl (C=O) groups is 3. The molecule has 1 heterocycles. The number of benzene rings is 2. The van der Waals surface area contributed by atoms with Crippen LogP contribution in [0.3, 0.4) is 0 Å². The van der Waals surface area contributed by atoms with E-state index < -0.39 is 37.4 Å². The SMILES string of the molecule is C#CCCCNC(=O)c1cccc(S(=O)(=O)n2cc(C(=O)NCCCCCNC(=O)c3ccc(S(N)(=O)=O)cc3)ccc2=O)c1. The first-order valence-electron chi connectivity index (χ1n) is 13.8. The third-order valence-corrected chi connectivity index (χ3v) is 9.03. The van der Waals surface area contributed by atoms with E-state index in [0.717, 1.165) is 18.3 Å². The van der Waals surface area contributed by atoms with E-state index in [1.54, 1.807) is 0 Å². The summed E-state index contributed by atoms with van der Waals surface area (Å²) in [6.07, 6.45) is 8.97. The number of aromatic nitrogens is 1. The van der Waals surface area contributed by atoms with Crippen LogP contribution in [0.25, 0.3) is 0 Å². The molecule has 0 unspecified atom stereocenters. The number of hydrogen-bond donors (Lipinski definition) is 4. The van der Waals surface area contributed by atoms with Crippen LogP contribution in [0.1, 0.15) is 63.2 Å². The Bertz CT molecular complexity index is 1860. The van der Waals surface area contributed by atoms with Gasteiger partial charge in [0.25, 0.3) is 33.3 Å². The third-order valence-electron chi connectivity index (χ3n) is 6.45. The van der Waals surface area contributed by atoms with Gasteiger partial charge in [-0.05, 0) is 74.2 Å². The van der Waals surface area contributed by atoms with Crippen LogP contribution in [0.5, 0.6) is 0 Å². The zero-order valence-electron chi connectivity index (χ0n) is 24.2. The topological polar surface area (TPSA) is 204 Å². The number of hydrogen-bond acceptors (Lipinski definition) is 8. The van der Waals surface area contributed by atoms with Gasteiger partial charge in [-0.25, -0.2) is 25.9 Å². The number of amides is 3. The van der Waals surface area contributed by atoms with Gasteiger partial charge >= 0.3 is 0 Å². The van der Waals surface area contributed by atoms with E-state index in [4.69, 9.17) is 11.6 Å². The highest BCUT2D eigenvalue weighted by Crippen LogP contribution is 2.15. The summed E-state index contributed by atoms with van der Waals surface area (Å²) < 4.78 is 49.6. The van der Waals surface area contributed by atoms with Crippen molar-refractivity contribution in [3.8, 4) is 12.3 Å². The van der Waals surface area contributed by atoms with Crippen molar-refractivity contribution in [2.24, 2.45) is 5.14 Å². The fourth-order valence-electron chi connectivity index (χ4n) is 4.03. The van der Waals surface area contributed by atoms with Gasteiger partial charge in [-0.15, -0.1) is 12.3 Å². The number of nitrogens with two attached hydrogens (primary N) is 1. The highest BCUT2D eigenvalue weighted by molar-refractivity contribution is 7.90. The van der Waals surface area contributed by atoms with Crippen molar-refractivity contribution < 1.29 is 31.2 Å². The van der Waals surface area contributed by atoms with Crippen molar-refractivity contribution >= 4 is 37.8 Å². The van der Waals surface area contributed by atoms with Gasteiger partial charge in [-0.2, -0.15) is 0 Å². The largest absolute Gasteiger partial charge is 0.352 e. The molecule has 3 aromatic rings. The smallest absolute Gasteiger partial charge is 0.270 e. The number of unbranched alkanes of at least 4 members (excludes halogenated alkanes) is 3. The lowest BCUT2D eigenvalue weighted by Gasteiger charge is -2.11. The van der Waals surface area contributed by atoms with Gasteiger partial charge in [-0.1, -0.05) is 6.07 Å². The van der Waals surface area contributed by atoms with Gasteiger partial charge in [0.2, 0.25) is 10.0 Å². The summed E-state index contributed by atoms with van der Waals surface area (Å²) in [5.41, 5.74) is -0.570. The number of rotatable bonds is 15. The van der Waals surface area contributed by atoms with Gasteiger partial charge in [0, 0.05) is 49.4 Å². The third kappa shape index (κ3) is 9.86. The van der Waals surface area contributed by atoms with Gasteiger partial charge in [0.15, 0.2) is 0 Å². The second kappa shape index (κ2) is 15.8. The van der Waals surface area contributed by atoms with Gasteiger partial charge < -0.3 is 16.0 Å². The maximum Gasteiger partial charge on any atom is 0.270 e. The first-order chi connectivity index (χ1) is 21.3. The Kier molecular flexibility index (Phi) is 12.2. The predicted octanol–water partition coefficient (Wildman–Crippen LogP) is 1.21. The summed E-state index contributed by atoms with van der Waals surface area (Å²) in [5.74, 6) is 1.00. The lowest BCUT2D eigenvalue weighted by molar-refractivity contribution is 0.0944. The summed E-state index contributed by atoms with van der Waals surface area (Å²) >= 11 is 0. The number of primary sulfonamides is 1. The molecule has 0 saturated heterocycles. The average Bonchev–Trinajstić information content (AvgIpc) is 3.02. The maximum atomic E-state index is 13.3. The molecule has 0 saturated carbocycles. The van der Waals surface area contributed by atoms with Crippen LogP contribution in [-0.4, -0.2) is 58.2 Å². The molecule has 13 nitrogen and oxygen atoms in total. The number of nitrogens with zero attached hydrogens (tertiary/aromatic N) is 1. The Morgan fingerprint density at radius 3 is 1.87 bits per heavy atom. The molecule has 0 aliphatic carbocycles. The van der Waals surface area contributed by atoms with Crippen LogP contribution < -0.4 is 26.6 Å². The molecular weight excluding hydrogens is 622 g/mol. The summed E-state index contributed by atoms with van der Waals surface area (Å²) in [4.78, 5) is 49.4. The van der Waals surface area contributed by atoms with E-state index in [2.05, 4.69) is 21.9 Å². The molecule has 2 aromatic carbocycles. The Labute approximate surface area is 261 Å². The normalized spacial score (nSPS) is 11.3. The molecular formula is C30H33N5O8S2. The van der Waals surface area contributed by atoms with Crippen molar-refractivity contribution in [3.05, 3.63) is 93.9 Å². The lowest BCUT2D eigenvalue weighted by atomic mass is 10.2. The Morgan fingerprint density at radius 2 is 1.27 bits per heavy atom. The maximum absolute atomic E-state index is 13.3. The van der Waals surface area contributed by atoms with Crippen LogP contribution >= 0.6 is 0 Å². The molecule has 0 radical (unpaired) electrons. The molecule has 15 heteroatoms. The molecule has 1 aromatic heterocycles. The summed E-state index contributed by atoms with van der Waals surface area (Å²) in [6.45, 7) is 0.919. The van der Waals surface area contributed by atoms with E-state index in [9.17, 15) is 36.0 Å². The molecule has 3 amide bonds. The van der Waals surface area contributed by atoms with E-state index >= 15 is 0 Å². The van der Waals surface area contributed by atoms with Crippen molar-refractivity contribution in [1.29, 1.82) is 0 Å². The Hall–Kier alpha value is -4.78. The lowest BCUT2D eigenvalue weighted by Crippen LogP contribution is -2.31. The predicted molar refractivity (Wildman–Crippen MR) is 166 cm³/mol. The molecule has 238 valence electrons. The minimum Gasteiger partial charge on any atom is -0.352 e. The molecule has 0 bridgehead atoms. The quantitative estimate of drug-likeness (QED) is 0.138. The van der Waals surface area contributed by atoms with Crippen LogP contribution in [-0.2, 0) is 20.0 Å². The van der Waals surface area contributed by atoms with E-state index in [0.29, 0.717) is 49.2 Å². The summed E-state index contributed by atoms with van der Waals surface area (Å²) in [7, 11) is -8.28. The van der Waals surface area contributed by atoms with Crippen molar-refractivity contribution in [2.45, 2.75) is 41.9 Å². The highest BCUT2D eigenvalue weighted by atomic mass is 32.2. The molecule has 0 atom stereocenters. The summed E-state index contributed by atoms with van der Waals surface area (Å²) in [5, 5.41) is 13.1. The number of sulfonamides is 1. The Balaban J connectivity index is 1.51. The van der Waals surface area contributed by atoms with Crippen LogP contribution in [0.2, 0.25) is 0 Å².